The van der Waals surface area contributed by atoms with Crippen molar-refractivity contribution in [3.05, 3.63) is 83.7 Å². The Balaban J connectivity index is -0.000000380. The van der Waals surface area contributed by atoms with Crippen LogP contribution in [0.5, 0.6) is 5.75 Å². The molecule has 5 rings (SSSR count). The summed E-state index contributed by atoms with van der Waals surface area (Å²) >= 11 is 0. The molecule has 0 aliphatic carbocycles. The number of nitrogens with zero attached hydrogens (tertiary/aromatic N) is 4. The maximum absolute atomic E-state index is 13.4. The van der Waals surface area contributed by atoms with Crippen molar-refractivity contribution in [2.75, 3.05) is 75.7 Å². The van der Waals surface area contributed by atoms with Gasteiger partial charge in [-0.1, -0.05) is 73.9 Å². The summed E-state index contributed by atoms with van der Waals surface area (Å²) in [5.74, 6) is 1.20. The number of rotatable bonds is 9. The number of aliphatic imine (C=N–C) groups is 2. The lowest BCUT2D eigenvalue weighted by molar-refractivity contribution is -0.114. The van der Waals surface area contributed by atoms with Crippen molar-refractivity contribution in [3.8, 4) is 5.75 Å². The second kappa shape index (κ2) is 44.3. The lowest BCUT2D eigenvalue weighted by Gasteiger charge is -2.37. The van der Waals surface area contributed by atoms with E-state index in [-0.39, 0.29) is 23.9 Å². The van der Waals surface area contributed by atoms with Crippen molar-refractivity contribution >= 4 is 42.3 Å². The van der Waals surface area contributed by atoms with Crippen molar-refractivity contribution in [2.45, 2.75) is 121 Å². The first-order chi connectivity index (χ1) is 29.8. The largest absolute Gasteiger partial charge is 0.494 e. The van der Waals surface area contributed by atoms with Gasteiger partial charge < -0.3 is 45.0 Å². The van der Waals surface area contributed by atoms with Gasteiger partial charge in [0.25, 0.3) is 0 Å². The number of carbonyl (C=O) groups excluding carboxylic acids is 2. The first kappa shape index (κ1) is 63.8. The Hall–Kier alpha value is -4.81. The Bertz CT molecular complexity index is 1490. The SMILES string of the molecule is C=NC.CC.CC.CC.CC=NC.CCC(C)C(C)O.CCOc1ccc(N2CCN(c3ccc(NC(C)=O)cc3)CC2)cc1.CNC=O.Cc1ccc(C2CCCO2)c(F)c1. The summed E-state index contributed by atoms with van der Waals surface area (Å²) < 4.78 is 24.3. The van der Waals surface area contributed by atoms with Gasteiger partial charge in [0.2, 0.25) is 12.3 Å². The van der Waals surface area contributed by atoms with E-state index in [0.717, 1.165) is 69.0 Å². The lowest BCUT2D eigenvalue weighted by Crippen LogP contribution is -2.46. The van der Waals surface area contributed by atoms with Crippen LogP contribution in [0.15, 0.2) is 76.7 Å². The van der Waals surface area contributed by atoms with Gasteiger partial charge in [-0.2, -0.15) is 0 Å². The molecule has 2 aliphatic heterocycles. The highest BCUT2D eigenvalue weighted by molar-refractivity contribution is 5.88. The van der Waals surface area contributed by atoms with Gasteiger partial charge in [-0.25, -0.2) is 4.39 Å². The number of anilines is 3. The average molecular weight is 871 g/mol. The van der Waals surface area contributed by atoms with E-state index in [1.807, 2.05) is 113 Å². The molecule has 62 heavy (non-hydrogen) atoms. The summed E-state index contributed by atoms with van der Waals surface area (Å²) in [5.41, 5.74) is 4.94. The molecular weight excluding hydrogens is 784 g/mol. The van der Waals surface area contributed by atoms with Crippen molar-refractivity contribution in [1.82, 2.24) is 5.32 Å². The van der Waals surface area contributed by atoms with Gasteiger partial charge in [0.05, 0.1) is 18.8 Å². The predicted molar refractivity (Wildman–Crippen MR) is 268 cm³/mol. The molecule has 3 aromatic carbocycles. The number of ether oxygens (including phenoxy) is 2. The number of aliphatic hydroxyl groups excluding tert-OH is 1. The summed E-state index contributed by atoms with van der Waals surface area (Å²) in [6.07, 6.45) is 5.28. The number of hydrogen-bond acceptors (Lipinski definition) is 9. The second-order valence-corrected chi connectivity index (χ2v) is 13.0. The number of halogens is 1. The molecule has 2 fully saturated rings. The predicted octanol–water partition coefficient (Wildman–Crippen LogP) is 11.2. The molecule has 2 aliphatic rings. The third-order valence-corrected chi connectivity index (χ3v) is 8.62. The van der Waals surface area contributed by atoms with Gasteiger partial charge in [-0.3, -0.25) is 9.59 Å². The van der Waals surface area contributed by atoms with E-state index in [9.17, 15) is 9.18 Å². The van der Waals surface area contributed by atoms with Gasteiger partial charge >= 0.3 is 0 Å². The highest BCUT2D eigenvalue weighted by Gasteiger charge is 2.21. The number of amides is 2. The molecule has 354 valence electrons. The van der Waals surface area contributed by atoms with E-state index in [4.69, 9.17) is 19.4 Å². The molecule has 3 unspecified atom stereocenters. The first-order valence-electron chi connectivity index (χ1n) is 22.3. The number of aryl methyl sites for hydroxylation is 1. The third kappa shape index (κ3) is 31.1. The highest BCUT2D eigenvalue weighted by Crippen LogP contribution is 2.30. The summed E-state index contributed by atoms with van der Waals surface area (Å²) in [6.45, 7) is 33.8. The van der Waals surface area contributed by atoms with Crippen LogP contribution in [0.25, 0.3) is 0 Å². The van der Waals surface area contributed by atoms with Gasteiger partial charge in [0.15, 0.2) is 0 Å². The molecule has 2 saturated heterocycles. The highest BCUT2D eigenvalue weighted by atomic mass is 19.1. The summed E-state index contributed by atoms with van der Waals surface area (Å²) in [5, 5.41) is 13.9. The number of piperazine rings is 1. The zero-order valence-corrected chi connectivity index (χ0v) is 41.6. The molecule has 11 nitrogen and oxygen atoms in total. The minimum absolute atomic E-state index is 0.0133. The van der Waals surface area contributed by atoms with Crippen LogP contribution in [0.1, 0.15) is 120 Å². The monoisotopic (exact) mass is 871 g/mol. The zero-order valence-electron chi connectivity index (χ0n) is 41.6. The minimum atomic E-state index is -0.134. The number of benzene rings is 3. The summed E-state index contributed by atoms with van der Waals surface area (Å²) in [6, 6.07) is 21.7. The van der Waals surface area contributed by atoms with Crippen molar-refractivity contribution in [3.63, 3.8) is 0 Å². The molecule has 3 atom stereocenters. The number of carbonyl (C=O) groups is 2. The third-order valence-electron chi connectivity index (χ3n) is 8.62. The van der Waals surface area contributed by atoms with E-state index < -0.39 is 0 Å². The molecule has 3 aromatic rings. The van der Waals surface area contributed by atoms with E-state index in [2.05, 4.69) is 68.3 Å². The lowest BCUT2D eigenvalue weighted by atomic mass is 10.0. The Morgan fingerprint density at radius 3 is 1.69 bits per heavy atom. The van der Waals surface area contributed by atoms with Gasteiger partial charge in [0.1, 0.15) is 11.6 Å². The van der Waals surface area contributed by atoms with Crippen LogP contribution in [-0.2, 0) is 14.3 Å². The normalized spacial score (nSPS) is 14.0. The smallest absolute Gasteiger partial charge is 0.221 e. The van der Waals surface area contributed by atoms with Crippen molar-refractivity contribution < 1.29 is 28.6 Å². The molecule has 0 bridgehead atoms. The fourth-order valence-corrected chi connectivity index (χ4v) is 5.16. The van der Waals surface area contributed by atoms with Crippen LogP contribution in [0.3, 0.4) is 0 Å². The van der Waals surface area contributed by atoms with Crippen LogP contribution in [0, 0.1) is 18.7 Å². The maximum Gasteiger partial charge on any atom is 0.221 e. The van der Waals surface area contributed by atoms with E-state index in [1.54, 1.807) is 33.4 Å². The van der Waals surface area contributed by atoms with Gasteiger partial charge in [-0.15, -0.1) is 0 Å². The van der Waals surface area contributed by atoms with E-state index in [0.29, 0.717) is 24.5 Å². The zero-order chi connectivity index (χ0) is 48.3. The number of aliphatic hydroxyl groups is 1. The molecule has 0 aromatic heterocycles. The van der Waals surface area contributed by atoms with Crippen LogP contribution < -0.4 is 25.2 Å². The summed E-state index contributed by atoms with van der Waals surface area (Å²) in [7, 11) is 4.95. The molecule has 0 spiro atoms. The second-order valence-electron chi connectivity index (χ2n) is 13.0. The molecule has 12 heteroatoms. The molecule has 3 N–H and O–H groups in total. The maximum atomic E-state index is 13.4. The minimum Gasteiger partial charge on any atom is -0.494 e. The Kier molecular flexibility index (Phi) is 45.6. The average Bonchev–Trinajstić information content (AvgIpc) is 3.84. The fourth-order valence-electron chi connectivity index (χ4n) is 5.16. The van der Waals surface area contributed by atoms with Crippen LogP contribution in [0.4, 0.5) is 21.5 Å². The number of hydrogen-bond donors (Lipinski definition) is 3. The number of nitrogens with one attached hydrogen (secondary N) is 2. The fraction of sp³-hybridized carbons (Fsp3) is 0.560. The molecule has 2 heterocycles. The van der Waals surface area contributed by atoms with E-state index >= 15 is 0 Å². The molecule has 0 saturated carbocycles. The Morgan fingerprint density at radius 2 is 1.39 bits per heavy atom. The van der Waals surface area contributed by atoms with Crippen molar-refractivity contribution in [2.24, 2.45) is 15.9 Å². The standard InChI is InChI=1S/C20H25N3O2.C11H13FO.C6H14O.C3H7N.C2H5NO.C2H5N.3C2H6/c1-3-25-20-10-8-19(9-11-20)23-14-12-22(13-15-23)18-6-4-17(5-7-18)21-16(2)24;1-8-4-5-9(10(12)7-8)11-3-2-6-13-11;1-4-5(2)6(3)7;1-3-4-2;1-3-2-4;1-3-2;3*1-2/h4-11H,3,12-15H2,1-2H3,(H,21,24);4-5,7,11H,2-3,6H2,1H3;5-7H,4H2,1-3H3;3H,1-2H3;2H,1H3,(H,3,4);1H2,2H3;3*1-2H3. The molecule has 0 radical (unpaired) electrons. The Labute approximate surface area is 377 Å². The first-order valence-corrected chi connectivity index (χ1v) is 22.3. The molecule has 2 amide bonds. The van der Waals surface area contributed by atoms with Crippen molar-refractivity contribution in [1.29, 1.82) is 0 Å². The van der Waals surface area contributed by atoms with E-state index in [1.165, 1.54) is 18.3 Å². The van der Waals surface area contributed by atoms with Gasteiger partial charge in [0, 0.05) is 83.5 Å². The van der Waals surface area contributed by atoms with Crippen LogP contribution >= 0.6 is 0 Å². The van der Waals surface area contributed by atoms with Crippen LogP contribution in [0.2, 0.25) is 0 Å². The van der Waals surface area contributed by atoms with Crippen LogP contribution in [-0.4, -0.2) is 97.0 Å². The molecular formula is C50H87FN6O5. The van der Waals surface area contributed by atoms with Gasteiger partial charge in [-0.05, 0) is 120 Å². The quantitative estimate of drug-likeness (QED) is 0.144. The summed E-state index contributed by atoms with van der Waals surface area (Å²) in [4.78, 5) is 31.8. The Morgan fingerprint density at radius 1 is 0.935 bits per heavy atom. The topological polar surface area (TPSA) is 128 Å².